The third-order valence-corrected chi connectivity index (χ3v) is 6.52. The van der Waals surface area contributed by atoms with Gasteiger partial charge in [0.15, 0.2) is 0 Å². The fourth-order valence-corrected chi connectivity index (χ4v) is 4.82. The fraction of sp³-hybridized carbons (Fsp3) is 0.562. The maximum Gasteiger partial charge on any atom is 0.417 e. The van der Waals surface area contributed by atoms with Crippen molar-refractivity contribution >= 4 is 15.9 Å². The number of ether oxygens (including phenoxy) is 1. The molecule has 6 nitrogen and oxygen atoms in total. The van der Waals surface area contributed by atoms with E-state index in [1.807, 2.05) is 0 Å². The number of carbonyl (C=O) groups excluding carboxylic acids is 1. The Morgan fingerprint density at radius 1 is 1.12 bits per heavy atom. The van der Waals surface area contributed by atoms with Crippen molar-refractivity contribution in [2.75, 3.05) is 32.8 Å². The number of halogens is 3. The fourth-order valence-electron chi connectivity index (χ4n) is 3.19. The molecular formula is C16H19F3N2O4S. The topological polar surface area (TPSA) is 66.9 Å². The lowest BCUT2D eigenvalue weighted by molar-refractivity contribution is -0.142. The average Bonchev–Trinajstić information content (AvgIpc) is 3.15. The lowest BCUT2D eigenvalue weighted by Gasteiger charge is -2.35. The van der Waals surface area contributed by atoms with Crippen LogP contribution >= 0.6 is 0 Å². The molecular weight excluding hydrogens is 373 g/mol. The lowest BCUT2D eigenvalue weighted by atomic mass is 10.2. The van der Waals surface area contributed by atoms with E-state index in [4.69, 9.17) is 4.74 Å². The van der Waals surface area contributed by atoms with Crippen molar-refractivity contribution in [2.24, 2.45) is 0 Å². The molecule has 0 aromatic heterocycles. The molecule has 2 fully saturated rings. The second-order valence-electron chi connectivity index (χ2n) is 6.22. The molecule has 2 aliphatic heterocycles. The quantitative estimate of drug-likeness (QED) is 0.786. The highest BCUT2D eigenvalue weighted by Crippen LogP contribution is 2.35. The molecule has 0 saturated carbocycles. The van der Waals surface area contributed by atoms with Gasteiger partial charge in [-0.2, -0.15) is 17.5 Å². The van der Waals surface area contributed by atoms with Crippen LogP contribution in [-0.2, 0) is 25.7 Å². The van der Waals surface area contributed by atoms with Crippen molar-refractivity contribution in [1.29, 1.82) is 0 Å². The van der Waals surface area contributed by atoms with Crippen LogP contribution in [0.25, 0.3) is 0 Å². The van der Waals surface area contributed by atoms with E-state index in [-0.39, 0.29) is 32.1 Å². The summed E-state index contributed by atoms with van der Waals surface area (Å²) in [6, 6.07) is 4.13. The molecule has 2 heterocycles. The van der Waals surface area contributed by atoms with Gasteiger partial charge in [-0.3, -0.25) is 4.79 Å². The summed E-state index contributed by atoms with van der Waals surface area (Å²) in [5, 5.41) is 0. The number of rotatable bonds is 3. The van der Waals surface area contributed by atoms with Gasteiger partial charge < -0.3 is 9.64 Å². The SMILES string of the molecule is O=C([C@H]1CCCO1)N1CCN(S(=O)(=O)c2ccccc2C(F)(F)F)CC1. The highest BCUT2D eigenvalue weighted by molar-refractivity contribution is 7.89. The normalized spacial score (nSPS) is 22.6. The standard InChI is InChI=1S/C16H19F3N2O4S/c17-16(18,19)12-4-1-2-6-14(12)26(23,24)21-9-7-20(8-10-21)15(22)13-5-3-11-25-13/h1-2,4,6,13H,3,5,7-11H2/t13-/m1/s1. The highest BCUT2D eigenvalue weighted by Gasteiger charge is 2.40. The zero-order valence-corrected chi connectivity index (χ0v) is 14.7. The molecule has 0 aliphatic carbocycles. The van der Waals surface area contributed by atoms with E-state index in [0.717, 1.165) is 28.9 Å². The van der Waals surface area contributed by atoms with Gasteiger partial charge in [0, 0.05) is 32.8 Å². The molecule has 144 valence electrons. The van der Waals surface area contributed by atoms with Gasteiger partial charge in [-0.15, -0.1) is 0 Å². The second kappa shape index (κ2) is 7.16. The number of sulfonamides is 1. The molecule has 2 saturated heterocycles. The maximum atomic E-state index is 13.1. The molecule has 0 N–H and O–H groups in total. The Morgan fingerprint density at radius 2 is 1.77 bits per heavy atom. The Bertz CT molecular complexity index is 768. The molecule has 10 heteroatoms. The third-order valence-electron chi connectivity index (χ3n) is 4.57. The summed E-state index contributed by atoms with van der Waals surface area (Å²) in [5.74, 6) is -0.185. The monoisotopic (exact) mass is 392 g/mol. The van der Waals surface area contributed by atoms with Gasteiger partial charge in [0.05, 0.1) is 10.5 Å². The molecule has 2 aliphatic rings. The van der Waals surface area contributed by atoms with Gasteiger partial charge >= 0.3 is 6.18 Å². The van der Waals surface area contributed by atoms with Crippen LogP contribution in [0.1, 0.15) is 18.4 Å². The van der Waals surface area contributed by atoms with Crippen LogP contribution < -0.4 is 0 Å². The number of piperazine rings is 1. The Balaban J connectivity index is 1.74. The number of hydrogen-bond acceptors (Lipinski definition) is 4. The molecule has 1 amide bonds. The summed E-state index contributed by atoms with van der Waals surface area (Å²) in [6.07, 6.45) is -3.82. The first-order chi connectivity index (χ1) is 12.2. The van der Waals surface area contributed by atoms with Gasteiger partial charge in [-0.25, -0.2) is 8.42 Å². The Morgan fingerprint density at radius 3 is 2.35 bits per heavy atom. The van der Waals surface area contributed by atoms with Gasteiger partial charge in [-0.05, 0) is 25.0 Å². The van der Waals surface area contributed by atoms with Crippen LogP contribution in [0.15, 0.2) is 29.2 Å². The maximum absolute atomic E-state index is 13.1. The van der Waals surface area contributed by atoms with Crippen LogP contribution in [0.3, 0.4) is 0 Å². The molecule has 0 spiro atoms. The molecule has 1 atom stereocenters. The molecule has 0 unspecified atom stereocenters. The van der Waals surface area contributed by atoms with E-state index in [1.54, 1.807) is 0 Å². The summed E-state index contributed by atoms with van der Waals surface area (Å²) >= 11 is 0. The van der Waals surface area contributed by atoms with Crippen molar-refractivity contribution in [3.63, 3.8) is 0 Å². The number of alkyl halides is 3. The van der Waals surface area contributed by atoms with Gasteiger partial charge in [0.2, 0.25) is 10.0 Å². The molecule has 1 aromatic rings. The largest absolute Gasteiger partial charge is 0.417 e. The summed E-state index contributed by atoms with van der Waals surface area (Å²) in [5.41, 5.74) is -1.18. The second-order valence-corrected chi connectivity index (χ2v) is 8.13. The van der Waals surface area contributed by atoms with Gasteiger partial charge in [0.25, 0.3) is 5.91 Å². The minimum atomic E-state index is -4.76. The number of carbonyl (C=O) groups is 1. The Hall–Kier alpha value is -1.65. The van der Waals surface area contributed by atoms with E-state index in [2.05, 4.69) is 0 Å². The van der Waals surface area contributed by atoms with E-state index in [9.17, 15) is 26.4 Å². The van der Waals surface area contributed by atoms with Gasteiger partial charge in [0.1, 0.15) is 6.10 Å². The Kier molecular flexibility index (Phi) is 5.27. The first-order valence-corrected chi connectivity index (χ1v) is 9.72. The number of amides is 1. The molecule has 0 bridgehead atoms. The predicted octanol–water partition coefficient (Wildman–Crippen LogP) is 1.72. The zero-order valence-electron chi connectivity index (χ0n) is 13.9. The van der Waals surface area contributed by atoms with Crippen LogP contribution in [0.4, 0.5) is 13.2 Å². The van der Waals surface area contributed by atoms with Crippen LogP contribution in [0.5, 0.6) is 0 Å². The van der Waals surface area contributed by atoms with Crippen molar-refractivity contribution in [2.45, 2.75) is 30.0 Å². The minimum absolute atomic E-state index is 0.0486. The van der Waals surface area contributed by atoms with E-state index in [0.29, 0.717) is 13.0 Å². The number of hydrogen-bond donors (Lipinski definition) is 0. The van der Waals surface area contributed by atoms with E-state index < -0.39 is 32.8 Å². The summed E-state index contributed by atoms with van der Waals surface area (Å²) in [7, 11) is -4.30. The van der Waals surface area contributed by atoms with Crippen LogP contribution in [-0.4, -0.2) is 62.4 Å². The number of nitrogens with zero attached hydrogens (tertiary/aromatic N) is 2. The van der Waals surface area contributed by atoms with Crippen LogP contribution in [0.2, 0.25) is 0 Å². The first-order valence-electron chi connectivity index (χ1n) is 8.28. The zero-order chi connectivity index (χ0) is 18.9. The predicted molar refractivity (Wildman–Crippen MR) is 85.8 cm³/mol. The summed E-state index contributed by atoms with van der Waals surface area (Å²) in [6.45, 7) is 0.692. The van der Waals surface area contributed by atoms with Crippen molar-refractivity contribution in [1.82, 2.24) is 9.21 Å². The summed E-state index contributed by atoms with van der Waals surface area (Å²) in [4.78, 5) is 13.1. The molecule has 1 aromatic carbocycles. The van der Waals surface area contributed by atoms with Crippen molar-refractivity contribution in [3.05, 3.63) is 29.8 Å². The molecule has 3 rings (SSSR count). The average molecular weight is 392 g/mol. The molecule has 26 heavy (non-hydrogen) atoms. The smallest absolute Gasteiger partial charge is 0.368 e. The Labute approximate surface area is 149 Å². The van der Waals surface area contributed by atoms with E-state index in [1.165, 1.54) is 11.0 Å². The van der Waals surface area contributed by atoms with Crippen molar-refractivity contribution < 1.29 is 31.1 Å². The van der Waals surface area contributed by atoms with E-state index >= 15 is 0 Å². The van der Waals surface area contributed by atoms with Gasteiger partial charge in [-0.1, -0.05) is 12.1 Å². The highest BCUT2D eigenvalue weighted by atomic mass is 32.2. The lowest BCUT2D eigenvalue weighted by Crippen LogP contribution is -2.52. The van der Waals surface area contributed by atoms with Crippen molar-refractivity contribution in [3.8, 4) is 0 Å². The first kappa shape index (κ1) is 19.1. The minimum Gasteiger partial charge on any atom is -0.368 e. The summed E-state index contributed by atoms with van der Waals surface area (Å²) < 4.78 is 71.1. The molecule has 0 radical (unpaired) electrons. The third kappa shape index (κ3) is 3.72. The van der Waals surface area contributed by atoms with Crippen LogP contribution in [0, 0.1) is 0 Å². The number of benzene rings is 1.